The fourth-order valence-electron chi connectivity index (χ4n) is 0.898. The van der Waals surface area contributed by atoms with Crippen molar-refractivity contribution in [1.29, 1.82) is 0 Å². The summed E-state index contributed by atoms with van der Waals surface area (Å²) < 4.78 is 12.8. The van der Waals surface area contributed by atoms with Gasteiger partial charge in [0.2, 0.25) is 5.91 Å². The van der Waals surface area contributed by atoms with Gasteiger partial charge in [-0.1, -0.05) is 18.2 Å². The standard InChI is InChI=1S/C11H16FNO/c1-4-6-11(12)8-5-7-9(2)13-10(3)14/h4-9H,1-3H3,(H,13,14)/b6-4-,7-5+,11-8+/t9-/m1/s1. The van der Waals surface area contributed by atoms with Gasteiger partial charge in [0.05, 0.1) is 0 Å². The minimum absolute atomic E-state index is 0.0813. The van der Waals surface area contributed by atoms with E-state index in [1.54, 1.807) is 25.2 Å². The maximum atomic E-state index is 12.8. The maximum Gasteiger partial charge on any atom is 0.217 e. The van der Waals surface area contributed by atoms with Crippen molar-refractivity contribution in [3.8, 4) is 0 Å². The van der Waals surface area contributed by atoms with Gasteiger partial charge in [-0.25, -0.2) is 4.39 Å². The van der Waals surface area contributed by atoms with Crippen LogP contribution in [0.3, 0.4) is 0 Å². The maximum absolute atomic E-state index is 12.8. The molecule has 3 heteroatoms. The minimum atomic E-state index is -0.307. The molecule has 0 saturated carbocycles. The number of allylic oxidation sites excluding steroid dienone is 5. The first-order chi connectivity index (χ1) is 6.56. The highest BCUT2D eigenvalue weighted by atomic mass is 19.1. The molecule has 0 aromatic rings. The van der Waals surface area contributed by atoms with Crippen molar-refractivity contribution in [3.05, 3.63) is 36.2 Å². The lowest BCUT2D eigenvalue weighted by atomic mass is 10.3. The number of hydrogen-bond acceptors (Lipinski definition) is 1. The molecule has 0 aliphatic carbocycles. The number of rotatable bonds is 4. The number of halogens is 1. The van der Waals surface area contributed by atoms with Crippen LogP contribution < -0.4 is 5.32 Å². The van der Waals surface area contributed by atoms with Crippen molar-refractivity contribution >= 4 is 5.91 Å². The molecule has 0 aliphatic rings. The Bertz CT molecular complexity index is 266. The van der Waals surface area contributed by atoms with Crippen molar-refractivity contribution in [2.24, 2.45) is 0 Å². The summed E-state index contributed by atoms with van der Waals surface area (Å²) in [6, 6.07) is -0.0813. The van der Waals surface area contributed by atoms with E-state index in [1.165, 1.54) is 19.1 Å². The molecule has 0 radical (unpaired) electrons. The Morgan fingerprint density at radius 3 is 2.64 bits per heavy atom. The Hall–Kier alpha value is -1.38. The predicted octanol–water partition coefficient (Wildman–Crippen LogP) is 2.50. The number of hydrogen-bond donors (Lipinski definition) is 1. The van der Waals surface area contributed by atoms with Crippen LogP contribution in [0.1, 0.15) is 20.8 Å². The van der Waals surface area contributed by atoms with E-state index in [0.717, 1.165) is 0 Å². The molecule has 1 atom stereocenters. The van der Waals surface area contributed by atoms with Gasteiger partial charge in [-0.3, -0.25) is 4.79 Å². The lowest BCUT2D eigenvalue weighted by Crippen LogP contribution is -2.28. The van der Waals surface area contributed by atoms with Gasteiger partial charge in [0.25, 0.3) is 0 Å². The molecule has 0 fully saturated rings. The first kappa shape index (κ1) is 12.6. The summed E-state index contributed by atoms with van der Waals surface area (Å²) in [6.45, 7) is 5.01. The summed E-state index contributed by atoms with van der Waals surface area (Å²) in [5.41, 5.74) is 0. The number of amides is 1. The molecule has 0 aromatic heterocycles. The zero-order chi connectivity index (χ0) is 11.0. The molecule has 0 aromatic carbocycles. The van der Waals surface area contributed by atoms with Crippen LogP contribution >= 0.6 is 0 Å². The summed E-state index contributed by atoms with van der Waals surface area (Å²) in [7, 11) is 0. The molecule has 0 unspecified atom stereocenters. The lowest BCUT2D eigenvalue weighted by Gasteiger charge is -2.05. The average molecular weight is 197 g/mol. The molecule has 1 amide bonds. The molecule has 1 N–H and O–H groups in total. The second kappa shape index (κ2) is 7.06. The van der Waals surface area contributed by atoms with Gasteiger partial charge in [0, 0.05) is 13.0 Å². The zero-order valence-corrected chi connectivity index (χ0v) is 8.75. The highest BCUT2D eigenvalue weighted by molar-refractivity contribution is 5.73. The fourth-order valence-corrected chi connectivity index (χ4v) is 0.898. The SMILES string of the molecule is C\C=C/C(F)=C\C=C\[C@@H](C)NC(C)=O. The summed E-state index contributed by atoms with van der Waals surface area (Å²) in [6.07, 6.45) is 7.63. The van der Waals surface area contributed by atoms with E-state index < -0.39 is 0 Å². The molecule has 0 bridgehead atoms. The highest BCUT2D eigenvalue weighted by Crippen LogP contribution is 1.98. The molecule has 0 heterocycles. The predicted molar refractivity (Wildman–Crippen MR) is 56.4 cm³/mol. The van der Waals surface area contributed by atoms with Crippen LogP contribution in [0, 0.1) is 0 Å². The smallest absolute Gasteiger partial charge is 0.217 e. The molecule has 0 rings (SSSR count). The molecule has 2 nitrogen and oxygen atoms in total. The van der Waals surface area contributed by atoms with Crippen molar-refractivity contribution in [2.45, 2.75) is 26.8 Å². The Labute approximate surface area is 84.2 Å². The molecular formula is C11H16FNO. The van der Waals surface area contributed by atoms with Crippen LogP contribution in [0.15, 0.2) is 36.2 Å². The third-order valence-corrected chi connectivity index (χ3v) is 1.41. The van der Waals surface area contributed by atoms with Gasteiger partial charge in [-0.2, -0.15) is 0 Å². The number of carbonyl (C=O) groups excluding carboxylic acids is 1. The zero-order valence-electron chi connectivity index (χ0n) is 8.75. The largest absolute Gasteiger partial charge is 0.350 e. The Morgan fingerprint density at radius 2 is 2.14 bits per heavy atom. The second-order valence-electron chi connectivity index (χ2n) is 2.93. The van der Waals surface area contributed by atoms with Crippen molar-refractivity contribution < 1.29 is 9.18 Å². The topological polar surface area (TPSA) is 29.1 Å². The molecular weight excluding hydrogens is 181 g/mol. The highest BCUT2D eigenvalue weighted by Gasteiger charge is 1.95. The lowest BCUT2D eigenvalue weighted by molar-refractivity contribution is -0.119. The molecule has 0 spiro atoms. The van der Waals surface area contributed by atoms with Crippen molar-refractivity contribution in [3.63, 3.8) is 0 Å². The van der Waals surface area contributed by atoms with E-state index in [4.69, 9.17) is 0 Å². The Balaban J connectivity index is 4.04. The first-order valence-electron chi connectivity index (χ1n) is 4.50. The van der Waals surface area contributed by atoms with Crippen molar-refractivity contribution in [2.75, 3.05) is 0 Å². The van der Waals surface area contributed by atoms with Gasteiger partial charge >= 0.3 is 0 Å². The molecule has 0 saturated heterocycles. The second-order valence-corrected chi connectivity index (χ2v) is 2.93. The average Bonchev–Trinajstić information content (AvgIpc) is 2.02. The fraction of sp³-hybridized carbons (Fsp3) is 0.364. The van der Waals surface area contributed by atoms with E-state index in [0.29, 0.717) is 0 Å². The third kappa shape index (κ3) is 7.28. The summed E-state index contributed by atoms with van der Waals surface area (Å²) >= 11 is 0. The summed E-state index contributed by atoms with van der Waals surface area (Å²) in [4.78, 5) is 10.6. The van der Waals surface area contributed by atoms with Crippen LogP contribution in [0.5, 0.6) is 0 Å². The van der Waals surface area contributed by atoms with E-state index >= 15 is 0 Å². The Kier molecular flexibility index (Phi) is 6.37. The van der Waals surface area contributed by atoms with Crippen LogP contribution in [0.2, 0.25) is 0 Å². The monoisotopic (exact) mass is 197 g/mol. The van der Waals surface area contributed by atoms with E-state index in [-0.39, 0.29) is 17.8 Å². The molecule has 14 heavy (non-hydrogen) atoms. The Morgan fingerprint density at radius 1 is 1.50 bits per heavy atom. The first-order valence-corrected chi connectivity index (χ1v) is 4.50. The summed E-state index contributed by atoms with van der Waals surface area (Å²) in [5.74, 6) is -0.404. The van der Waals surface area contributed by atoms with Gasteiger partial charge in [-0.15, -0.1) is 0 Å². The van der Waals surface area contributed by atoms with Crippen LogP contribution in [-0.4, -0.2) is 11.9 Å². The van der Waals surface area contributed by atoms with E-state index in [2.05, 4.69) is 5.32 Å². The van der Waals surface area contributed by atoms with Gasteiger partial charge in [0.1, 0.15) is 5.83 Å². The number of nitrogens with one attached hydrogen (secondary N) is 1. The van der Waals surface area contributed by atoms with Crippen LogP contribution in [0.4, 0.5) is 4.39 Å². The molecule has 0 aliphatic heterocycles. The van der Waals surface area contributed by atoms with Gasteiger partial charge in [0.15, 0.2) is 0 Å². The van der Waals surface area contributed by atoms with E-state index in [1.807, 2.05) is 6.92 Å². The van der Waals surface area contributed by atoms with Crippen LogP contribution in [-0.2, 0) is 4.79 Å². The quantitative estimate of drug-likeness (QED) is 0.689. The molecule has 78 valence electrons. The summed E-state index contributed by atoms with van der Waals surface area (Å²) in [5, 5.41) is 2.65. The van der Waals surface area contributed by atoms with Crippen LogP contribution in [0.25, 0.3) is 0 Å². The number of carbonyl (C=O) groups is 1. The van der Waals surface area contributed by atoms with E-state index in [9.17, 15) is 9.18 Å². The normalized spacial score (nSPS) is 15.0. The third-order valence-electron chi connectivity index (χ3n) is 1.41. The van der Waals surface area contributed by atoms with Crippen molar-refractivity contribution in [1.82, 2.24) is 5.32 Å². The van der Waals surface area contributed by atoms with Gasteiger partial charge in [-0.05, 0) is 26.0 Å². The minimum Gasteiger partial charge on any atom is -0.350 e. The van der Waals surface area contributed by atoms with Gasteiger partial charge < -0.3 is 5.32 Å².